The van der Waals surface area contributed by atoms with Gasteiger partial charge in [-0.1, -0.05) is 25.0 Å². The number of nitrogens with two attached hydrogens (primary N) is 1. The third kappa shape index (κ3) is 3.45. The minimum atomic E-state index is -0.229. The maximum absolute atomic E-state index is 13.1. The van der Waals surface area contributed by atoms with E-state index < -0.39 is 0 Å². The predicted molar refractivity (Wildman–Crippen MR) is 71.8 cm³/mol. The van der Waals surface area contributed by atoms with E-state index in [1.807, 2.05) is 13.0 Å². The Morgan fingerprint density at radius 2 is 2.17 bits per heavy atom. The van der Waals surface area contributed by atoms with Crippen LogP contribution in [0, 0.1) is 5.82 Å². The zero-order valence-corrected chi connectivity index (χ0v) is 10.7. The highest BCUT2D eigenvalue weighted by molar-refractivity contribution is 5.78. The van der Waals surface area contributed by atoms with E-state index in [9.17, 15) is 4.39 Å². The Balaban J connectivity index is 1.95. The van der Waals surface area contributed by atoms with Gasteiger partial charge in [0.25, 0.3) is 0 Å². The van der Waals surface area contributed by atoms with Gasteiger partial charge in [-0.3, -0.25) is 4.99 Å². The van der Waals surface area contributed by atoms with Gasteiger partial charge in [-0.25, -0.2) is 4.39 Å². The summed E-state index contributed by atoms with van der Waals surface area (Å²) >= 11 is 0. The Labute approximate surface area is 107 Å². The van der Waals surface area contributed by atoms with Gasteiger partial charge in [-0.15, -0.1) is 0 Å². The molecule has 1 aromatic carbocycles. The largest absolute Gasteiger partial charge is 0.370 e. The first-order valence-corrected chi connectivity index (χ1v) is 6.50. The highest BCUT2D eigenvalue weighted by Crippen LogP contribution is 2.21. The van der Waals surface area contributed by atoms with Crippen molar-refractivity contribution in [1.82, 2.24) is 5.32 Å². The summed E-state index contributed by atoms with van der Waals surface area (Å²) in [5.41, 5.74) is 6.75. The number of halogens is 1. The Morgan fingerprint density at radius 3 is 2.83 bits per heavy atom. The molecular weight excluding hydrogens is 229 g/mol. The Hall–Kier alpha value is -1.58. The average Bonchev–Trinajstić information content (AvgIpc) is 2.81. The molecule has 4 heteroatoms. The molecule has 1 aromatic rings. The number of hydrogen-bond donors (Lipinski definition) is 2. The zero-order valence-electron chi connectivity index (χ0n) is 10.7. The SMILES string of the molecule is CC(NC(N)=NC1CCCC1)c1cccc(F)c1. The molecule has 1 unspecified atom stereocenters. The molecule has 0 heterocycles. The summed E-state index contributed by atoms with van der Waals surface area (Å²) in [5, 5.41) is 3.11. The number of benzene rings is 1. The van der Waals surface area contributed by atoms with Crippen LogP contribution in [-0.4, -0.2) is 12.0 Å². The standard InChI is InChI=1S/C14H20FN3/c1-10(11-5-4-6-12(15)9-11)17-14(16)18-13-7-2-3-8-13/h4-6,9-10,13H,2-3,7-8H2,1H3,(H3,16,17,18). The second kappa shape index (κ2) is 5.85. The summed E-state index contributed by atoms with van der Waals surface area (Å²) in [5.74, 6) is 0.228. The molecule has 0 bridgehead atoms. The Morgan fingerprint density at radius 1 is 1.44 bits per heavy atom. The quantitative estimate of drug-likeness (QED) is 0.639. The molecule has 1 saturated carbocycles. The lowest BCUT2D eigenvalue weighted by Crippen LogP contribution is -2.34. The van der Waals surface area contributed by atoms with Crippen molar-refractivity contribution in [3.63, 3.8) is 0 Å². The molecule has 0 spiro atoms. The third-order valence-corrected chi connectivity index (χ3v) is 3.36. The van der Waals surface area contributed by atoms with Gasteiger partial charge in [-0.05, 0) is 37.5 Å². The molecule has 98 valence electrons. The second-order valence-corrected chi connectivity index (χ2v) is 4.87. The molecule has 3 nitrogen and oxygen atoms in total. The van der Waals surface area contributed by atoms with Crippen LogP contribution in [0.2, 0.25) is 0 Å². The molecule has 18 heavy (non-hydrogen) atoms. The van der Waals surface area contributed by atoms with Gasteiger partial charge in [0.05, 0.1) is 12.1 Å². The molecule has 0 aliphatic heterocycles. The van der Waals surface area contributed by atoms with E-state index in [4.69, 9.17) is 5.73 Å². The highest BCUT2D eigenvalue weighted by Gasteiger charge is 2.14. The van der Waals surface area contributed by atoms with Crippen LogP contribution >= 0.6 is 0 Å². The van der Waals surface area contributed by atoms with E-state index >= 15 is 0 Å². The van der Waals surface area contributed by atoms with Crippen LogP contribution in [0.5, 0.6) is 0 Å². The van der Waals surface area contributed by atoms with Gasteiger partial charge in [0.1, 0.15) is 5.82 Å². The molecular formula is C14H20FN3. The van der Waals surface area contributed by atoms with E-state index in [2.05, 4.69) is 10.3 Å². The molecule has 0 saturated heterocycles. The minimum absolute atomic E-state index is 0.0362. The number of guanidine groups is 1. The van der Waals surface area contributed by atoms with Gasteiger partial charge in [-0.2, -0.15) is 0 Å². The van der Waals surface area contributed by atoms with E-state index in [1.165, 1.54) is 25.0 Å². The topological polar surface area (TPSA) is 50.4 Å². The lowest BCUT2D eigenvalue weighted by Gasteiger charge is -2.16. The maximum Gasteiger partial charge on any atom is 0.189 e. The first kappa shape index (κ1) is 12.9. The van der Waals surface area contributed by atoms with Gasteiger partial charge in [0.2, 0.25) is 0 Å². The second-order valence-electron chi connectivity index (χ2n) is 4.87. The minimum Gasteiger partial charge on any atom is -0.370 e. The van der Waals surface area contributed by atoms with E-state index in [0.717, 1.165) is 18.4 Å². The maximum atomic E-state index is 13.1. The molecule has 1 fully saturated rings. The van der Waals surface area contributed by atoms with E-state index in [0.29, 0.717) is 12.0 Å². The Kier molecular flexibility index (Phi) is 4.18. The first-order valence-electron chi connectivity index (χ1n) is 6.50. The summed E-state index contributed by atoms with van der Waals surface area (Å²) in [6, 6.07) is 6.85. The van der Waals surface area contributed by atoms with Crippen LogP contribution in [0.25, 0.3) is 0 Å². The summed E-state index contributed by atoms with van der Waals surface area (Å²) in [4.78, 5) is 4.45. The number of rotatable bonds is 3. The molecule has 0 radical (unpaired) electrons. The van der Waals surface area contributed by atoms with Crippen molar-refractivity contribution in [2.24, 2.45) is 10.7 Å². The fourth-order valence-electron chi connectivity index (χ4n) is 2.35. The molecule has 0 aromatic heterocycles. The lowest BCUT2D eigenvalue weighted by atomic mass is 10.1. The van der Waals surface area contributed by atoms with Crippen LogP contribution in [0.4, 0.5) is 4.39 Å². The van der Waals surface area contributed by atoms with Crippen LogP contribution in [0.1, 0.15) is 44.2 Å². The average molecular weight is 249 g/mol. The van der Waals surface area contributed by atoms with E-state index in [-0.39, 0.29) is 11.9 Å². The summed E-state index contributed by atoms with van der Waals surface area (Å²) in [6.45, 7) is 1.95. The lowest BCUT2D eigenvalue weighted by molar-refractivity contribution is 0.616. The number of hydrogen-bond acceptors (Lipinski definition) is 1. The smallest absolute Gasteiger partial charge is 0.189 e. The van der Waals surface area contributed by atoms with Crippen molar-refractivity contribution in [2.75, 3.05) is 0 Å². The number of nitrogens with zero attached hydrogens (tertiary/aromatic N) is 1. The molecule has 1 atom stereocenters. The third-order valence-electron chi connectivity index (χ3n) is 3.36. The number of aliphatic imine (C=N–C) groups is 1. The van der Waals surface area contributed by atoms with Crippen molar-refractivity contribution in [3.8, 4) is 0 Å². The molecule has 3 N–H and O–H groups in total. The summed E-state index contributed by atoms with van der Waals surface area (Å²) in [6.07, 6.45) is 4.72. The normalized spacial score (nSPS) is 18.9. The first-order chi connectivity index (χ1) is 8.65. The highest BCUT2D eigenvalue weighted by atomic mass is 19.1. The van der Waals surface area contributed by atoms with Crippen LogP contribution in [-0.2, 0) is 0 Å². The predicted octanol–water partition coefficient (Wildman–Crippen LogP) is 2.73. The van der Waals surface area contributed by atoms with Crippen molar-refractivity contribution >= 4 is 5.96 Å². The van der Waals surface area contributed by atoms with Crippen LogP contribution < -0.4 is 11.1 Å². The fourth-order valence-corrected chi connectivity index (χ4v) is 2.35. The van der Waals surface area contributed by atoms with Crippen molar-refractivity contribution in [2.45, 2.75) is 44.7 Å². The van der Waals surface area contributed by atoms with Gasteiger partial charge in [0.15, 0.2) is 5.96 Å². The monoisotopic (exact) mass is 249 g/mol. The molecule has 0 amide bonds. The van der Waals surface area contributed by atoms with Crippen LogP contribution in [0.15, 0.2) is 29.3 Å². The molecule has 1 aliphatic carbocycles. The Bertz CT molecular complexity index is 425. The van der Waals surface area contributed by atoms with Crippen molar-refractivity contribution < 1.29 is 4.39 Å². The summed E-state index contributed by atoms with van der Waals surface area (Å²) < 4.78 is 13.1. The van der Waals surface area contributed by atoms with Gasteiger partial charge in [0, 0.05) is 0 Å². The van der Waals surface area contributed by atoms with Gasteiger partial charge < -0.3 is 11.1 Å². The molecule has 1 aliphatic rings. The van der Waals surface area contributed by atoms with Crippen molar-refractivity contribution in [3.05, 3.63) is 35.6 Å². The summed E-state index contributed by atoms with van der Waals surface area (Å²) in [7, 11) is 0. The van der Waals surface area contributed by atoms with Gasteiger partial charge >= 0.3 is 0 Å². The molecule has 2 rings (SSSR count). The number of nitrogens with one attached hydrogen (secondary N) is 1. The van der Waals surface area contributed by atoms with Crippen LogP contribution in [0.3, 0.4) is 0 Å². The van der Waals surface area contributed by atoms with E-state index in [1.54, 1.807) is 6.07 Å². The fraction of sp³-hybridized carbons (Fsp3) is 0.500. The zero-order chi connectivity index (χ0) is 13.0. The van der Waals surface area contributed by atoms with Crippen molar-refractivity contribution in [1.29, 1.82) is 0 Å².